The summed E-state index contributed by atoms with van der Waals surface area (Å²) in [5.41, 5.74) is 4.97. The Labute approximate surface area is 194 Å². The Morgan fingerprint density at radius 3 is 2.47 bits per heavy atom. The number of aryl methyl sites for hydroxylation is 3. The molecule has 32 heavy (non-hydrogen) atoms. The van der Waals surface area contributed by atoms with Crippen LogP contribution in [0.2, 0.25) is 0 Å². The van der Waals surface area contributed by atoms with Gasteiger partial charge in [0.05, 0.1) is 22.0 Å². The SMILES string of the molecule is Cc1cccc(C)c1NC(=O)CSc1nc(-c2sc(-c3ccccc3)nc2C)cc(=O)[nH]1. The van der Waals surface area contributed by atoms with Crippen molar-refractivity contribution in [2.45, 2.75) is 25.9 Å². The minimum Gasteiger partial charge on any atom is -0.325 e. The van der Waals surface area contributed by atoms with E-state index in [1.165, 1.54) is 29.2 Å². The van der Waals surface area contributed by atoms with E-state index in [0.717, 1.165) is 38.0 Å². The average Bonchev–Trinajstić information content (AvgIpc) is 3.17. The van der Waals surface area contributed by atoms with Crippen LogP contribution in [0.3, 0.4) is 0 Å². The van der Waals surface area contributed by atoms with Crippen LogP contribution in [0, 0.1) is 20.8 Å². The third-order valence-electron chi connectivity index (χ3n) is 4.86. The Kier molecular flexibility index (Phi) is 6.53. The molecule has 2 heterocycles. The zero-order chi connectivity index (χ0) is 22.7. The number of aromatic nitrogens is 3. The Morgan fingerprint density at radius 1 is 1.03 bits per heavy atom. The molecule has 8 heteroatoms. The van der Waals surface area contributed by atoms with Gasteiger partial charge in [-0.15, -0.1) is 11.3 Å². The maximum Gasteiger partial charge on any atom is 0.252 e. The van der Waals surface area contributed by atoms with Crippen LogP contribution in [0.4, 0.5) is 5.69 Å². The number of benzene rings is 2. The van der Waals surface area contributed by atoms with Gasteiger partial charge in [-0.05, 0) is 31.9 Å². The fraction of sp³-hybridized carbons (Fsp3) is 0.167. The van der Waals surface area contributed by atoms with Gasteiger partial charge in [0.2, 0.25) is 5.91 Å². The fourth-order valence-corrected chi connectivity index (χ4v) is 4.99. The number of amides is 1. The van der Waals surface area contributed by atoms with E-state index in [9.17, 15) is 9.59 Å². The molecule has 0 saturated heterocycles. The van der Waals surface area contributed by atoms with Gasteiger partial charge < -0.3 is 10.3 Å². The molecule has 2 aromatic heterocycles. The zero-order valence-electron chi connectivity index (χ0n) is 17.9. The first kappa shape index (κ1) is 22.0. The number of rotatable bonds is 6. The molecule has 162 valence electrons. The second-order valence-corrected chi connectivity index (χ2v) is 9.30. The standard InChI is InChI=1S/C24H22N4O2S2/c1-14-8-7-9-15(2)21(14)27-20(30)13-31-24-26-18(12-19(29)28-24)22-16(3)25-23(32-22)17-10-5-4-6-11-17/h4-12H,13H2,1-3H3,(H,27,30)(H,26,28,29). The van der Waals surface area contributed by atoms with Gasteiger partial charge in [-0.2, -0.15) is 0 Å². The monoisotopic (exact) mass is 462 g/mol. The summed E-state index contributed by atoms with van der Waals surface area (Å²) in [5.74, 6) is -0.0160. The van der Waals surface area contributed by atoms with E-state index in [0.29, 0.717) is 10.9 Å². The van der Waals surface area contributed by atoms with E-state index < -0.39 is 0 Å². The topological polar surface area (TPSA) is 87.7 Å². The van der Waals surface area contributed by atoms with Crippen LogP contribution in [0.1, 0.15) is 16.8 Å². The maximum absolute atomic E-state index is 12.5. The second kappa shape index (κ2) is 9.50. The van der Waals surface area contributed by atoms with Crippen molar-refractivity contribution in [2.75, 3.05) is 11.1 Å². The van der Waals surface area contributed by atoms with Gasteiger partial charge in [0.25, 0.3) is 5.56 Å². The minimum atomic E-state index is -0.262. The van der Waals surface area contributed by atoms with Crippen molar-refractivity contribution in [3.8, 4) is 21.1 Å². The van der Waals surface area contributed by atoms with Crippen molar-refractivity contribution in [3.05, 3.63) is 81.8 Å². The van der Waals surface area contributed by atoms with E-state index in [-0.39, 0.29) is 17.2 Å². The van der Waals surface area contributed by atoms with Crippen LogP contribution in [-0.2, 0) is 4.79 Å². The van der Waals surface area contributed by atoms with E-state index in [4.69, 9.17) is 0 Å². The predicted molar refractivity (Wildman–Crippen MR) is 131 cm³/mol. The van der Waals surface area contributed by atoms with Gasteiger partial charge >= 0.3 is 0 Å². The first-order valence-electron chi connectivity index (χ1n) is 10.0. The number of thiazole rings is 1. The van der Waals surface area contributed by atoms with Crippen LogP contribution in [0.5, 0.6) is 0 Å². The molecule has 2 N–H and O–H groups in total. The summed E-state index contributed by atoms with van der Waals surface area (Å²) >= 11 is 2.69. The number of H-pyrrole nitrogens is 1. The molecule has 4 aromatic rings. The number of carbonyl (C=O) groups excluding carboxylic acids is 1. The van der Waals surface area contributed by atoms with Crippen molar-refractivity contribution in [2.24, 2.45) is 0 Å². The average molecular weight is 463 g/mol. The van der Waals surface area contributed by atoms with Crippen molar-refractivity contribution in [1.29, 1.82) is 0 Å². The highest BCUT2D eigenvalue weighted by Gasteiger charge is 2.15. The minimum absolute atomic E-state index is 0.136. The van der Waals surface area contributed by atoms with E-state index >= 15 is 0 Å². The molecule has 0 radical (unpaired) electrons. The number of hydrogen-bond acceptors (Lipinski definition) is 6. The van der Waals surface area contributed by atoms with Crippen LogP contribution >= 0.6 is 23.1 Å². The summed E-state index contributed by atoms with van der Waals surface area (Å²) in [7, 11) is 0. The molecular formula is C24H22N4O2S2. The highest BCUT2D eigenvalue weighted by molar-refractivity contribution is 7.99. The van der Waals surface area contributed by atoms with Gasteiger partial charge in [-0.1, -0.05) is 60.3 Å². The largest absolute Gasteiger partial charge is 0.325 e. The molecule has 2 aromatic carbocycles. The first-order valence-corrected chi connectivity index (χ1v) is 11.8. The molecule has 0 unspecified atom stereocenters. The van der Waals surface area contributed by atoms with Crippen molar-refractivity contribution >= 4 is 34.7 Å². The van der Waals surface area contributed by atoms with Gasteiger partial charge in [0.1, 0.15) is 5.01 Å². The summed E-state index contributed by atoms with van der Waals surface area (Å²) in [6, 6.07) is 17.2. The van der Waals surface area contributed by atoms with Gasteiger partial charge in [0, 0.05) is 17.3 Å². The van der Waals surface area contributed by atoms with E-state index in [1.54, 1.807) is 0 Å². The van der Waals surface area contributed by atoms with Gasteiger partial charge in [-0.25, -0.2) is 9.97 Å². The number of carbonyl (C=O) groups is 1. The smallest absolute Gasteiger partial charge is 0.252 e. The molecule has 4 rings (SSSR count). The lowest BCUT2D eigenvalue weighted by Crippen LogP contribution is -2.16. The maximum atomic E-state index is 12.5. The molecule has 0 aliphatic carbocycles. The van der Waals surface area contributed by atoms with Crippen molar-refractivity contribution in [1.82, 2.24) is 15.0 Å². The summed E-state index contributed by atoms with van der Waals surface area (Å²) in [6.45, 7) is 5.82. The molecule has 0 saturated carbocycles. The molecule has 6 nitrogen and oxygen atoms in total. The van der Waals surface area contributed by atoms with Crippen LogP contribution in [0.15, 0.2) is 64.5 Å². The zero-order valence-corrected chi connectivity index (χ0v) is 19.6. The summed E-state index contributed by atoms with van der Waals surface area (Å²) in [6.07, 6.45) is 0. The van der Waals surface area contributed by atoms with Crippen LogP contribution < -0.4 is 10.9 Å². The summed E-state index contributed by atoms with van der Waals surface area (Å²) in [4.78, 5) is 37.6. The number of para-hydroxylation sites is 1. The lowest BCUT2D eigenvalue weighted by Gasteiger charge is -2.11. The normalized spacial score (nSPS) is 10.8. The van der Waals surface area contributed by atoms with Crippen molar-refractivity contribution < 1.29 is 4.79 Å². The summed E-state index contributed by atoms with van der Waals surface area (Å²) in [5, 5.41) is 4.23. The van der Waals surface area contributed by atoms with Crippen LogP contribution in [-0.4, -0.2) is 26.6 Å². The molecular weight excluding hydrogens is 440 g/mol. The number of thioether (sulfide) groups is 1. The Balaban J connectivity index is 1.52. The molecule has 0 aliphatic heterocycles. The third kappa shape index (κ3) is 4.98. The Morgan fingerprint density at radius 2 is 1.75 bits per heavy atom. The summed E-state index contributed by atoms with van der Waals surface area (Å²) < 4.78 is 0. The molecule has 0 atom stereocenters. The van der Waals surface area contributed by atoms with Crippen LogP contribution in [0.25, 0.3) is 21.1 Å². The van der Waals surface area contributed by atoms with E-state index in [1.807, 2.05) is 69.3 Å². The predicted octanol–water partition coefficient (Wildman–Crippen LogP) is 5.22. The number of anilines is 1. The highest BCUT2D eigenvalue weighted by atomic mass is 32.2. The molecule has 0 spiro atoms. The second-order valence-electron chi connectivity index (χ2n) is 7.34. The van der Waals surface area contributed by atoms with Crippen molar-refractivity contribution in [3.63, 3.8) is 0 Å². The first-order chi connectivity index (χ1) is 15.4. The number of nitrogens with one attached hydrogen (secondary N) is 2. The quantitative estimate of drug-likeness (QED) is 0.303. The molecule has 0 bridgehead atoms. The molecule has 1 amide bonds. The van der Waals surface area contributed by atoms with E-state index in [2.05, 4.69) is 20.3 Å². The Hall–Kier alpha value is -3.23. The third-order valence-corrected chi connectivity index (χ3v) is 6.96. The lowest BCUT2D eigenvalue weighted by molar-refractivity contribution is -0.113. The molecule has 0 aliphatic rings. The Bertz CT molecular complexity index is 1310. The van der Waals surface area contributed by atoms with Gasteiger partial charge in [0.15, 0.2) is 5.16 Å². The fourth-order valence-electron chi connectivity index (χ4n) is 3.28. The highest BCUT2D eigenvalue weighted by Crippen LogP contribution is 2.34. The lowest BCUT2D eigenvalue weighted by atomic mass is 10.1. The van der Waals surface area contributed by atoms with Gasteiger partial charge in [-0.3, -0.25) is 9.59 Å². The number of hydrogen-bond donors (Lipinski definition) is 2. The number of nitrogens with zero attached hydrogens (tertiary/aromatic N) is 2. The number of aromatic amines is 1. The molecule has 0 fully saturated rings.